The van der Waals surface area contributed by atoms with Gasteiger partial charge in [0.2, 0.25) is 0 Å². The van der Waals surface area contributed by atoms with Gasteiger partial charge in [-0.25, -0.2) is 0 Å². The van der Waals surface area contributed by atoms with Crippen molar-refractivity contribution in [3.8, 4) is 0 Å². The molecule has 0 fully saturated rings. The SMILES string of the molecule is Cc1nn(N(C)C)c2c1N=Cc1ccccc1N2. The first-order chi connectivity index (χ1) is 8.66. The van der Waals surface area contributed by atoms with Crippen molar-refractivity contribution in [3.05, 3.63) is 35.5 Å². The number of hydrogen-bond donors (Lipinski definition) is 1. The predicted octanol–water partition coefficient (Wildman–Crippen LogP) is 2.20. The third-order valence-electron chi connectivity index (χ3n) is 2.94. The molecule has 0 saturated carbocycles. The van der Waals surface area contributed by atoms with Gasteiger partial charge >= 0.3 is 0 Å². The topological polar surface area (TPSA) is 45.5 Å². The van der Waals surface area contributed by atoms with E-state index in [4.69, 9.17) is 0 Å². The summed E-state index contributed by atoms with van der Waals surface area (Å²) in [6, 6.07) is 8.10. The average molecular weight is 241 g/mol. The highest BCUT2D eigenvalue weighted by Gasteiger charge is 2.19. The van der Waals surface area contributed by atoms with Gasteiger partial charge in [-0.2, -0.15) is 9.89 Å². The van der Waals surface area contributed by atoms with Gasteiger partial charge in [-0.1, -0.05) is 18.2 Å². The summed E-state index contributed by atoms with van der Waals surface area (Å²) in [6.07, 6.45) is 1.88. The molecule has 1 aromatic heterocycles. The molecular formula is C13H15N5. The molecular weight excluding hydrogens is 226 g/mol. The lowest BCUT2D eigenvalue weighted by Gasteiger charge is -2.16. The third kappa shape index (κ3) is 1.55. The van der Waals surface area contributed by atoms with Gasteiger partial charge in [0.15, 0.2) is 5.82 Å². The number of nitrogens with zero attached hydrogens (tertiary/aromatic N) is 4. The van der Waals surface area contributed by atoms with Crippen molar-refractivity contribution >= 4 is 23.4 Å². The number of anilines is 2. The van der Waals surface area contributed by atoms with Crippen LogP contribution >= 0.6 is 0 Å². The smallest absolute Gasteiger partial charge is 0.178 e. The van der Waals surface area contributed by atoms with Crippen LogP contribution in [0.3, 0.4) is 0 Å². The third-order valence-corrected chi connectivity index (χ3v) is 2.94. The lowest BCUT2D eigenvalue weighted by molar-refractivity contribution is 0.641. The van der Waals surface area contributed by atoms with Crippen LogP contribution in [0.5, 0.6) is 0 Å². The van der Waals surface area contributed by atoms with Crippen LogP contribution in [0, 0.1) is 6.92 Å². The van der Waals surface area contributed by atoms with Crippen molar-refractivity contribution in [2.75, 3.05) is 24.4 Å². The quantitative estimate of drug-likeness (QED) is 0.710. The van der Waals surface area contributed by atoms with Crippen LogP contribution < -0.4 is 10.3 Å². The van der Waals surface area contributed by atoms with E-state index >= 15 is 0 Å². The van der Waals surface area contributed by atoms with E-state index in [2.05, 4.69) is 15.4 Å². The van der Waals surface area contributed by atoms with E-state index in [1.165, 1.54) is 0 Å². The van der Waals surface area contributed by atoms with Crippen LogP contribution in [0.2, 0.25) is 0 Å². The van der Waals surface area contributed by atoms with Crippen LogP contribution in [0.15, 0.2) is 29.3 Å². The molecule has 5 heteroatoms. The molecule has 0 spiro atoms. The van der Waals surface area contributed by atoms with Crippen LogP contribution in [0.1, 0.15) is 11.3 Å². The van der Waals surface area contributed by atoms with Gasteiger partial charge in [0, 0.05) is 31.6 Å². The Hall–Kier alpha value is -2.30. The van der Waals surface area contributed by atoms with Crippen molar-refractivity contribution in [1.29, 1.82) is 0 Å². The fraction of sp³-hybridized carbons (Fsp3) is 0.231. The number of hydrogen-bond acceptors (Lipinski definition) is 4. The van der Waals surface area contributed by atoms with Crippen LogP contribution in [-0.2, 0) is 0 Å². The molecule has 5 nitrogen and oxygen atoms in total. The van der Waals surface area contributed by atoms with Crippen molar-refractivity contribution in [3.63, 3.8) is 0 Å². The molecule has 0 bridgehead atoms. The molecule has 1 aliphatic rings. The molecule has 0 atom stereocenters. The van der Waals surface area contributed by atoms with Gasteiger partial charge in [-0.15, -0.1) is 0 Å². The van der Waals surface area contributed by atoms with E-state index in [0.717, 1.165) is 28.5 Å². The largest absolute Gasteiger partial charge is 0.336 e. The molecule has 2 aromatic rings. The Bertz CT molecular complexity index is 624. The first kappa shape index (κ1) is 10.8. The number of aromatic nitrogens is 2. The Kier molecular flexibility index (Phi) is 2.33. The van der Waals surface area contributed by atoms with Gasteiger partial charge < -0.3 is 10.3 Å². The zero-order chi connectivity index (χ0) is 12.7. The summed E-state index contributed by atoms with van der Waals surface area (Å²) in [6.45, 7) is 1.97. The molecule has 0 aliphatic carbocycles. The predicted molar refractivity (Wildman–Crippen MR) is 74.0 cm³/mol. The number of para-hydroxylation sites is 1. The summed E-state index contributed by atoms with van der Waals surface area (Å²) in [5.74, 6) is 0.902. The van der Waals surface area contributed by atoms with Crippen LogP contribution in [-0.4, -0.2) is 30.2 Å². The van der Waals surface area contributed by atoms with E-state index in [-0.39, 0.29) is 0 Å². The Morgan fingerprint density at radius 1 is 1.22 bits per heavy atom. The lowest BCUT2D eigenvalue weighted by Crippen LogP contribution is -2.27. The number of nitrogens with one attached hydrogen (secondary N) is 1. The Morgan fingerprint density at radius 3 is 2.78 bits per heavy atom. The summed E-state index contributed by atoms with van der Waals surface area (Å²) < 4.78 is 0. The highest BCUT2D eigenvalue weighted by Crippen LogP contribution is 2.34. The first-order valence-electron chi connectivity index (χ1n) is 5.84. The molecule has 0 radical (unpaired) electrons. The van der Waals surface area contributed by atoms with Gasteiger partial charge in [0.05, 0.1) is 5.69 Å². The number of benzene rings is 1. The zero-order valence-electron chi connectivity index (χ0n) is 10.7. The normalized spacial score (nSPS) is 12.4. The molecule has 1 aromatic carbocycles. The van der Waals surface area contributed by atoms with E-state index in [1.807, 2.05) is 61.3 Å². The lowest BCUT2D eigenvalue weighted by atomic mass is 10.2. The van der Waals surface area contributed by atoms with E-state index in [0.29, 0.717) is 0 Å². The average Bonchev–Trinajstić information content (AvgIpc) is 2.56. The zero-order valence-corrected chi connectivity index (χ0v) is 10.7. The molecule has 0 saturated heterocycles. The molecule has 3 rings (SSSR count). The maximum Gasteiger partial charge on any atom is 0.178 e. The fourth-order valence-electron chi connectivity index (χ4n) is 2.04. The van der Waals surface area contributed by atoms with Crippen LogP contribution in [0.25, 0.3) is 0 Å². The van der Waals surface area contributed by atoms with Gasteiger partial charge in [-0.3, -0.25) is 4.99 Å². The van der Waals surface area contributed by atoms with E-state index in [9.17, 15) is 0 Å². The van der Waals surface area contributed by atoms with Crippen molar-refractivity contribution in [2.45, 2.75) is 6.92 Å². The summed E-state index contributed by atoms with van der Waals surface area (Å²) in [5, 5.41) is 9.80. The number of rotatable bonds is 1. The van der Waals surface area contributed by atoms with Crippen molar-refractivity contribution < 1.29 is 0 Å². The van der Waals surface area contributed by atoms with Crippen molar-refractivity contribution in [2.24, 2.45) is 4.99 Å². The molecule has 18 heavy (non-hydrogen) atoms. The maximum absolute atomic E-state index is 4.53. The molecule has 0 amide bonds. The second kappa shape index (κ2) is 3.87. The highest BCUT2D eigenvalue weighted by atomic mass is 15.7. The highest BCUT2D eigenvalue weighted by molar-refractivity contribution is 5.94. The van der Waals surface area contributed by atoms with Gasteiger partial charge in [-0.05, 0) is 13.0 Å². The summed E-state index contributed by atoms with van der Waals surface area (Å²) in [5.41, 5.74) is 3.93. The number of aliphatic imine (C=N–C) groups is 1. The molecule has 1 aliphatic heterocycles. The van der Waals surface area contributed by atoms with Gasteiger partial charge in [0.25, 0.3) is 0 Å². The molecule has 1 N–H and O–H groups in total. The standard InChI is InChI=1S/C13H15N5/c1-9-12-13(18(16-9)17(2)3)15-11-7-5-4-6-10(11)8-14-12/h4-8,15H,1-3H3. The second-order valence-corrected chi connectivity index (χ2v) is 4.49. The molecule has 2 heterocycles. The minimum atomic E-state index is 0.889. The number of aryl methyl sites for hydroxylation is 1. The maximum atomic E-state index is 4.53. The van der Waals surface area contributed by atoms with Gasteiger partial charge in [0.1, 0.15) is 5.69 Å². The second-order valence-electron chi connectivity index (χ2n) is 4.49. The monoisotopic (exact) mass is 241 g/mol. The minimum absolute atomic E-state index is 0.889. The van der Waals surface area contributed by atoms with E-state index < -0.39 is 0 Å². The fourth-order valence-corrected chi connectivity index (χ4v) is 2.04. The summed E-state index contributed by atoms with van der Waals surface area (Å²) >= 11 is 0. The van der Waals surface area contributed by atoms with Crippen LogP contribution in [0.4, 0.5) is 17.2 Å². The Balaban J connectivity index is 2.19. The molecule has 92 valence electrons. The first-order valence-corrected chi connectivity index (χ1v) is 5.84. The summed E-state index contributed by atoms with van der Waals surface area (Å²) in [7, 11) is 3.91. The molecule has 0 unspecified atom stereocenters. The Labute approximate surface area is 106 Å². The Morgan fingerprint density at radius 2 is 2.00 bits per heavy atom. The van der Waals surface area contributed by atoms with E-state index in [1.54, 1.807) is 0 Å². The minimum Gasteiger partial charge on any atom is -0.336 e. The summed E-state index contributed by atoms with van der Waals surface area (Å²) in [4.78, 5) is 6.36. The van der Waals surface area contributed by atoms with Crippen molar-refractivity contribution in [1.82, 2.24) is 9.89 Å². The number of fused-ring (bicyclic) bond motifs is 2.